The highest BCUT2D eigenvalue weighted by Crippen LogP contribution is 2.36. The van der Waals surface area contributed by atoms with E-state index in [4.69, 9.17) is 9.47 Å². The summed E-state index contributed by atoms with van der Waals surface area (Å²) in [7, 11) is 2.04. The number of likely N-dealkylation sites (N-methyl/N-ethyl adjacent to an activating group) is 1. The number of rotatable bonds is 5. The number of hydrogen-bond acceptors (Lipinski definition) is 4. The van der Waals surface area contributed by atoms with Crippen molar-refractivity contribution < 1.29 is 9.47 Å². The molecule has 1 aromatic carbocycles. The van der Waals surface area contributed by atoms with Crippen molar-refractivity contribution in [1.29, 1.82) is 0 Å². The fraction of sp³-hybridized carbons (Fsp3) is 0.625. The van der Waals surface area contributed by atoms with Gasteiger partial charge >= 0.3 is 0 Å². The van der Waals surface area contributed by atoms with Gasteiger partial charge in [0, 0.05) is 23.3 Å². The normalized spacial score (nSPS) is 26.9. The van der Waals surface area contributed by atoms with Gasteiger partial charge < -0.3 is 14.8 Å². The quantitative estimate of drug-likeness (QED) is 0.904. The van der Waals surface area contributed by atoms with Gasteiger partial charge in [0.05, 0.1) is 6.10 Å². The van der Waals surface area contributed by atoms with Crippen LogP contribution < -0.4 is 10.1 Å². The molecular formula is C16H23NO2S. The molecule has 1 aromatic rings. The van der Waals surface area contributed by atoms with E-state index in [0.29, 0.717) is 12.1 Å². The monoisotopic (exact) mass is 293 g/mol. The van der Waals surface area contributed by atoms with Crippen molar-refractivity contribution in [2.75, 3.05) is 19.4 Å². The summed E-state index contributed by atoms with van der Waals surface area (Å²) in [5, 5.41) is 3.43. The van der Waals surface area contributed by atoms with Crippen molar-refractivity contribution in [3.63, 3.8) is 0 Å². The topological polar surface area (TPSA) is 30.5 Å². The Kier molecular flexibility index (Phi) is 4.86. The molecular weight excluding hydrogens is 270 g/mol. The Morgan fingerprint density at radius 2 is 2.30 bits per heavy atom. The average Bonchev–Trinajstić information content (AvgIpc) is 3.01. The molecule has 3 unspecified atom stereocenters. The van der Waals surface area contributed by atoms with Gasteiger partial charge in [0.15, 0.2) is 0 Å². The van der Waals surface area contributed by atoms with Crippen molar-refractivity contribution in [2.24, 2.45) is 0 Å². The molecule has 3 atom stereocenters. The number of ether oxygens (including phenoxy) is 2. The van der Waals surface area contributed by atoms with Crippen LogP contribution in [0.5, 0.6) is 5.75 Å². The second-order valence-electron chi connectivity index (χ2n) is 5.52. The van der Waals surface area contributed by atoms with Crippen LogP contribution in [-0.4, -0.2) is 37.7 Å². The van der Waals surface area contributed by atoms with E-state index in [1.807, 2.05) is 24.9 Å². The molecule has 2 heterocycles. The third kappa shape index (κ3) is 3.30. The molecule has 0 saturated carbocycles. The zero-order valence-corrected chi connectivity index (χ0v) is 12.8. The highest BCUT2D eigenvalue weighted by Gasteiger charge is 2.28. The zero-order chi connectivity index (χ0) is 13.8. The first-order valence-corrected chi connectivity index (χ1v) is 8.52. The van der Waals surface area contributed by atoms with Gasteiger partial charge in [-0.3, -0.25) is 0 Å². The van der Waals surface area contributed by atoms with Crippen LogP contribution in [0.15, 0.2) is 29.2 Å². The van der Waals surface area contributed by atoms with E-state index in [-0.39, 0.29) is 6.10 Å². The summed E-state index contributed by atoms with van der Waals surface area (Å²) in [5.41, 5.74) is 0. The molecule has 1 saturated heterocycles. The lowest BCUT2D eigenvalue weighted by molar-refractivity contribution is 0.0910. The van der Waals surface area contributed by atoms with Crippen LogP contribution in [0.2, 0.25) is 0 Å². The minimum absolute atomic E-state index is 0.251. The number of fused-ring (bicyclic) bond motifs is 1. The molecule has 4 heteroatoms. The Balaban J connectivity index is 1.56. The number of nitrogens with one attached hydrogen (secondary N) is 1. The molecule has 0 bridgehead atoms. The Morgan fingerprint density at radius 1 is 1.40 bits per heavy atom. The second-order valence-corrected chi connectivity index (χ2v) is 6.58. The summed E-state index contributed by atoms with van der Waals surface area (Å²) in [4.78, 5) is 1.26. The first-order valence-electron chi connectivity index (χ1n) is 7.54. The molecule has 2 aliphatic heterocycles. The maximum Gasteiger partial charge on any atom is 0.133 e. The lowest BCUT2D eigenvalue weighted by atomic mass is 10.0. The summed E-state index contributed by atoms with van der Waals surface area (Å²) in [6, 6.07) is 8.73. The van der Waals surface area contributed by atoms with E-state index in [2.05, 4.69) is 23.5 Å². The van der Waals surface area contributed by atoms with E-state index in [1.54, 1.807) is 0 Å². The molecule has 0 radical (unpaired) electrons. The highest BCUT2D eigenvalue weighted by molar-refractivity contribution is 7.99. The minimum atomic E-state index is 0.251. The summed E-state index contributed by atoms with van der Waals surface area (Å²) in [5.74, 6) is 2.06. The fourth-order valence-electron chi connectivity index (χ4n) is 2.99. The summed E-state index contributed by atoms with van der Waals surface area (Å²) < 4.78 is 11.9. The van der Waals surface area contributed by atoms with Crippen molar-refractivity contribution in [1.82, 2.24) is 5.32 Å². The smallest absolute Gasteiger partial charge is 0.133 e. The molecule has 1 N–H and O–H groups in total. The van der Waals surface area contributed by atoms with Crippen molar-refractivity contribution >= 4 is 11.8 Å². The average molecular weight is 293 g/mol. The Hall–Kier alpha value is -0.710. The van der Waals surface area contributed by atoms with E-state index in [1.165, 1.54) is 17.7 Å². The van der Waals surface area contributed by atoms with Crippen LogP contribution in [-0.2, 0) is 4.74 Å². The van der Waals surface area contributed by atoms with Crippen molar-refractivity contribution in [3.05, 3.63) is 24.3 Å². The summed E-state index contributed by atoms with van der Waals surface area (Å²) in [6.45, 7) is 0.943. The third-order valence-electron chi connectivity index (χ3n) is 4.17. The van der Waals surface area contributed by atoms with Gasteiger partial charge in [-0.2, -0.15) is 0 Å². The van der Waals surface area contributed by atoms with E-state index in [9.17, 15) is 0 Å². The fourth-order valence-corrected chi connectivity index (χ4v) is 4.07. The summed E-state index contributed by atoms with van der Waals surface area (Å²) in [6.07, 6.45) is 5.42. The van der Waals surface area contributed by atoms with Crippen LogP contribution in [0.3, 0.4) is 0 Å². The lowest BCUT2D eigenvalue weighted by Gasteiger charge is -2.32. The largest absolute Gasteiger partial charge is 0.487 e. The summed E-state index contributed by atoms with van der Waals surface area (Å²) >= 11 is 1.90. The predicted molar refractivity (Wildman–Crippen MR) is 82.6 cm³/mol. The van der Waals surface area contributed by atoms with Gasteiger partial charge in [0.1, 0.15) is 11.9 Å². The van der Waals surface area contributed by atoms with E-state index >= 15 is 0 Å². The molecule has 3 nitrogen and oxygen atoms in total. The first kappa shape index (κ1) is 14.2. The molecule has 20 heavy (non-hydrogen) atoms. The molecule has 0 aromatic heterocycles. The molecule has 110 valence electrons. The van der Waals surface area contributed by atoms with Crippen LogP contribution in [0.1, 0.15) is 25.7 Å². The highest BCUT2D eigenvalue weighted by atomic mass is 32.2. The minimum Gasteiger partial charge on any atom is -0.487 e. The van der Waals surface area contributed by atoms with Crippen LogP contribution >= 0.6 is 11.8 Å². The first-order chi connectivity index (χ1) is 9.86. The number of hydrogen-bond donors (Lipinski definition) is 1. The van der Waals surface area contributed by atoms with Gasteiger partial charge in [-0.25, -0.2) is 0 Å². The zero-order valence-electron chi connectivity index (χ0n) is 12.0. The SMILES string of the molecule is CNC(CCC1CCCO1)C1CSc2ccccc2O1. The maximum absolute atomic E-state index is 6.18. The van der Waals surface area contributed by atoms with Crippen molar-refractivity contribution in [2.45, 2.75) is 48.8 Å². The van der Waals surface area contributed by atoms with Gasteiger partial charge in [-0.15, -0.1) is 11.8 Å². The number of thioether (sulfide) groups is 1. The van der Waals surface area contributed by atoms with E-state index < -0.39 is 0 Å². The molecule has 0 amide bonds. The molecule has 3 rings (SSSR count). The van der Waals surface area contributed by atoms with Gasteiger partial charge in [-0.1, -0.05) is 12.1 Å². The lowest BCUT2D eigenvalue weighted by Crippen LogP contribution is -2.44. The predicted octanol–water partition coefficient (Wildman–Crippen LogP) is 3.09. The molecule has 0 spiro atoms. The van der Waals surface area contributed by atoms with Gasteiger partial charge in [0.2, 0.25) is 0 Å². The van der Waals surface area contributed by atoms with Crippen molar-refractivity contribution in [3.8, 4) is 5.75 Å². The van der Waals surface area contributed by atoms with E-state index in [0.717, 1.165) is 31.0 Å². The van der Waals surface area contributed by atoms with Crippen LogP contribution in [0.4, 0.5) is 0 Å². The van der Waals surface area contributed by atoms with Gasteiger partial charge in [0.25, 0.3) is 0 Å². The van der Waals surface area contributed by atoms with Gasteiger partial charge in [-0.05, 0) is 44.9 Å². The Morgan fingerprint density at radius 3 is 3.10 bits per heavy atom. The second kappa shape index (κ2) is 6.83. The molecule has 0 aliphatic carbocycles. The Labute approximate surface area is 125 Å². The number of para-hydroxylation sites is 1. The standard InChI is InChI=1S/C16H23NO2S/c1-17-13(9-8-12-5-4-10-18-12)15-11-20-16-7-3-2-6-14(16)19-15/h2-3,6-7,12-13,15,17H,4-5,8-11H2,1H3. The Bertz CT molecular complexity index is 434. The van der Waals surface area contributed by atoms with Crippen LogP contribution in [0, 0.1) is 0 Å². The third-order valence-corrected chi connectivity index (χ3v) is 5.32. The molecule has 2 aliphatic rings. The molecule has 1 fully saturated rings. The number of benzene rings is 1. The van der Waals surface area contributed by atoms with Crippen LogP contribution in [0.25, 0.3) is 0 Å². The maximum atomic E-state index is 6.18.